The highest BCUT2D eigenvalue weighted by Crippen LogP contribution is 2.30. The van der Waals surface area contributed by atoms with Crippen molar-refractivity contribution in [1.29, 1.82) is 5.41 Å². The first-order valence-corrected chi connectivity index (χ1v) is 13.0. The van der Waals surface area contributed by atoms with Crippen LogP contribution in [0.15, 0.2) is 64.2 Å². The summed E-state index contributed by atoms with van der Waals surface area (Å²) >= 11 is 0.770. The number of amidine groups is 2. The molecule has 0 unspecified atom stereocenters. The van der Waals surface area contributed by atoms with Crippen LogP contribution in [-0.2, 0) is 14.6 Å². The molecule has 0 atom stereocenters. The lowest BCUT2D eigenvalue weighted by Gasteiger charge is -2.20. The van der Waals surface area contributed by atoms with Crippen LogP contribution >= 0.6 is 11.8 Å². The summed E-state index contributed by atoms with van der Waals surface area (Å²) in [6.45, 7) is 2.19. The van der Waals surface area contributed by atoms with Gasteiger partial charge in [0.05, 0.1) is 18.4 Å². The molecule has 35 heavy (non-hydrogen) atoms. The van der Waals surface area contributed by atoms with Gasteiger partial charge >= 0.3 is 0 Å². The summed E-state index contributed by atoms with van der Waals surface area (Å²) in [7, 11) is -1.97. The van der Waals surface area contributed by atoms with Crippen LogP contribution in [0.4, 0.5) is 0 Å². The topological polar surface area (TPSA) is 131 Å². The Bertz CT molecular complexity index is 1330. The summed E-state index contributed by atoms with van der Waals surface area (Å²) in [4.78, 5) is 16.4. The van der Waals surface area contributed by atoms with Gasteiger partial charge in [-0.2, -0.15) is 10.0 Å². The van der Waals surface area contributed by atoms with E-state index in [1.807, 2.05) is 24.3 Å². The van der Waals surface area contributed by atoms with Gasteiger partial charge in [0.1, 0.15) is 30.5 Å². The van der Waals surface area contributed by atoms with Crippen molar-refractivity contribution in [2.75, 3.05) is 26.1 Å². The van der Waals surface area contributed by atoms with E-state index >= 15 is 0 Å². The van der Waals surface area contributed by atoms with E-state index in [4.69, 9.17) is 19.6 Å². The minimum absolute atomic E-state index is 0.00908. The SMILES string of the molecule is CCS(=O)(=O)C1=NN2C(=N)/C(=C/c3ccc(OCCOc4ccc(OC)cc4)cc3)C(=O)N=C2S1. The fourth-order valence-corrected chi connectivity index (χ4v) is 5.21. The quantitative estimate of drug-likeness (QED) is 0.420. The van der Waals surface area contributed by atoms with Crippen molar-refractivity contribution in [2.24, 2.45) is 10.1 Å². The molecule has 2 aromatic carbocycles. The largest absolute Gasteiger partial charge is 0.497 e. The van der Waals surface area contributed by atoms with Crippen molar-refractivity contribution < 1.29 is 27.4 Å². The zero-order valence-corrected chi connectivity index (χ0v) is 20.6. The Balaban J connectivity index is 1.37. The number of rotatable bonds is 8. The highest BCUT2D eigenvalue weighted by molar-refractivity contribution is 8.42. The first-order chi connectivity index (χ1) is 16.8. The molecule has 0 radical (unpaired) electrons. The third kappa shape index (κ3) is 5.54. The zero-order chi connectivity index (χ0) is 25.0. The van der Waals surface area contributed by atoms with E-state index in [0.29, 0.717) is 30.3 Å². The molecule has 0 saturated carbocycles. The van der Waals surface area contributed by atoms with E-state index < -0.39 is 15.7 Å². The number of aliphatic imine (C=N–C) groups is 1. The normalized spacial score (nSPS) is 16.6. The maximum absolute atomic E-state index is 12.5. The summed E-state index contributed by atoms with van der Waals surface area (Å²) in [5, 5.41) is 13.5. The molecule has 2 aromatic rings. The molecule has 1 amide bonds. The third-order valence-corrected chi connectivity index (χ3v) is 8.04. The molecule has 0 spiro atoms. The molecule has 10 nitrogen and oxygen atoms in total. The zero-order valence-electron chi connectivity index (χ0n) is 18.9. The van der Waals surface area contributed by atoms with E-state index in [1.165, 1.54) is 13.0 Å². The Morgan fingerprint density at radius 1 is 1.00 bits per heavy atom. The van der Waals surface area contributed by atoms with Crippen LogP contribution in [-0.4, -0.2) is 60.8 Å². The second-order valence-electron chi connectivity index (χ2n) is 7.23. The van der Waals surface area contributed by atoms with E-state index in [0.717, 1.165) is 22.5 Å². The fraction of sp³-hybridized carbons (Fsp3) is 0.217. The Kier molecular flexibility index (Phi) is 7.22. The molecule has 4 rings (SSSR count). The van der Waals surface area contributed by atoms with Crippen molar-refractivity contribution in [3.05, 3.63) is 59.7 Å². The minimum atomic E-state index is -3.57. The average molecular weight is 515 g/mol. The number of sulfone groups is 1. The van der Waals surface area contributed by atoms with Gasteiger partial charge in [-0.3, -0.25) is 10.2 Å². The Hall–Kier alpha value is -3.64. The molecule has 2 aliphatic heterocycles. The summed E-state index contributed by atoms with van der Waals surface area (Å²) in [5.41, 5.74) is 0.658. The van der Waals surface area contributed by atoms with Gasteiger partial charge in [0.2, 0.25) is 19.4 Å². The Labute approximate surface area is 206 Å². The molecule has 0 fully saturated rings. The van der Waals surface area contributed by atoms with Gasteiger partial charge in [0, 0.05) is 0 Å². The van der Waals surface area contributed by atoms with Gasteiger partial charge in [-0.15, -0.1) is 5.10 Å². The number of methoxy groups -OCH3 is 1. The molecular weight excluding hydrogens is 492 g/mol. The molecule has 182 valence electrons. The number of nitrogens with one attached hydrogen (secondary N) is 1. The van der Waals surface area contributed by atoms with Gasteiger partial charge < -0.3 is 14.2 Å². The number of carbonyl (C=O) groups is 1. The summed E-state index contributed by atoms with van der Waals surface area (Å²) in [6.07, 6.45) is 1.51. The number of ether oxygens (including phenoxy) is 3. The molecule has 0 aromatic heterocycles. The molecule has 0 aliphatic carbocycles. The van der Waals surface area contributed by atoms with Gasteiger partial charge in [0.25, 0.3) is 5.91 Å². The standard InChI is InChI=1S/C23H22N4O6S2/c1-3-35(29,30)23-26-27-20(24)19(21(28)25-22(27)34-23)14-15-4-6-17(7-5-15)32-12-13-33-18-10-8-16(31-2)9-11-18/h4-11,14,24H,3,12-13H2,1-2H3/b19-14-,24-20?. The van der Waals surface area contributed by atoms with Crippen molar-refractivity contribution in [3.8, 4) is 17.2 Å². The lowest BCUT2D eigenvalue weighted by Crippen LogP contribution is -2.35. The van der Waals surface area contributed by atoms with Crippen LogP contribution in [0.2, 0.25) is 0 Å². The molecule has 12 heteroatoms. The lowest BCUT2D eigenvalue weighted by atomic mass is 10.1. The average Bonchev–Trinajstić information content (AvgIpc) is 3.31. The van der Waals surface area contributed by atoms with Crippen molar-refractivity contribution in [3.63, 3.8) is 0 Å². The van der Waals surface area contributed by atoms with Crippen LogP contribution < -0.4 is 14.2 Å². The van der Waals surface area contributed by atoms with Gasteiger partial charge in [-0.1, -0.05) is 19.1 Å². The number of carbonyl (C=O) groups excluding carboxylic acids is 1. The molecule has 0 saturated heterocycles. The van der Waals surface area contributed by atoms with Gasteiger partial charge in [0.15, 0.2) is 5.84 Å². The Morgan fingerprint density at radius 2 is 1.57 bits per heavy atom. The summed E-state index contributed by atoms with van der Waals surface area (Å²) in [5.74, 6) is 1.08. The highest BCUT2D eigenvalue weighted by atomic mass is 32.3. The van der Waals surface area contributed by atoms with Crippen molar-refractivity contribution in [1.82, 2.24) is 5.01 Å². The summed E-state index contributed by atoms with van der Waals surface area (Å²) in [6, 6.07) is 14.2. The molecule has 0 bridgehead atoms. The second kappa shape index (κ2) is 10.3. The van der Waals surface area contributed by atoms with E-state index in [1.54, 1.807) is 31.4 Å². The third-order valence-electron chi connectivity index (χ3n) is 4.95. The van der Waals surface area contributed by atoms with Crippen LogP contribution in [0.1, 0.15) is 12.5 Å². The maximum Gasteiger partial charge on any atom is 0.283 e. The number of fused-ring (bicyclic) bond motifs is 1. The van der Waals surface area contributed by atoms with Gasteiger partial charge in [-0.25, -0.2) is 8.42 Å². The number of hydrazone groups is 1. The summed E-state index contributed by atoms with van der Waals surface area (Å²) < 4.78 is 40.4. The number of hydrogen-bond acceptors (Lipinski definition) is 9. The van der Waals surface area contributed by atoms with Gasteiger partial charge in [-0.05, 0) is 59.8 Å². The first kappa shape index (κ1) is 24.5. The molecule has 1 N–H and O–H groups in total. The number of nitrogens with zero attached hydrogens (tertiary/aromatic N) is 3. The molecular formula is C23H22N4O6S2. The fourth-order valence-electron chi connectivity index (χ4n) is 3.04. The number of hydrogen-bond donors (Lipinski definition) is 1. The van der Waals surface area contributed by atoms with E-state index in [-0.39, 0.29) is 26.7 Å². The smallest absolute Gasteiger partial charge is 0.283 e. The number of amides is 1. The van der Waals surface area contributed by atoms with Crippen LogP contribution in [0, 0.1) is 5.41 Å². The molecule has 2 aliphatic rings. The van der Waals surface area contributed by atoms with Crippen LogP contribution in [0.5, 0.6) is 17.2 Å². The first-order valence-electron chi connectivity index (χ1n) is 10.5. The maximum atomic E-state index is 12.5. The highest BCUT2D eigenvalue weighted by Gasteiger charge is 2.39. The van der Waals surface area contributed by atoms with E-state index in [2.05, 4.69) is 10.1 Å². The van der Waals surface area contributed by atoms with Crippen LogP contribution in [0.25, 0.3) is 6.08 Å². The predicted octanol–water partition coefficient (Wildman–Crippen LogP) is 3.16. The lowest BCUT2D eigenvalue weighted by molar-refractivity contribution is -0.114. The monoisotopic (exact) mass is 514 g/mol. The van der Waals surface area contributed by atoms with Crippen molar-refractivity contribution in [2.45, 2.75) is 6.92 Å². The second-order valence-corrected chi connectivity index (χ2v) is 10.6. The predicted molar refractivity (Wildman–Crippen MR) is 135 cm³/mol. The Morgan fingerprint density at radius 3 is 2.14 bits per heavy atom. The number of benzene rings is 2. The molecule has 2 heterocycles. The minimum Gasteiger partial charge on any atom is -0.497 e. The van der Waals surface area contributed by atoms with E-state index in [9.17, 15) is 13.2 Å². The number of thioether (sulfide) groups is 1. The van der Waals surface area contributed by atoms with Crippen LogP contribution in [0.3, 0.4) is 0 Å². The van der Waals surface area contributed by atoms with Crippen molar-refractivity contribution >= 4 is 49.0 Å².